The Morgan fingerprint density at radius 2 is 1.84 bits per heavy atom. The Morgan fingerprint density at radius 3 is 2.47 bits per heavy atom. The van der Waals surface area contributed by atoms with Crippen LogP contribution >= 0.6 is 0 Å². The molecule has 0 bridgehead atoms. The van der Waals surface area contributed by atoms with Gasteiger partial charge in [0.1, 0.15) is 0 Å². The largest absolute Gasteiger partial charge is 0.348 e. The Balaban J connectivity index is 1.87. The topological polar surface area (TPSA) is 41.6 Å². The molecule has 0 spiro atoms. The summed E-state index contributed by atoms with van der Waals surface area (Å²) in [7, 11) is 0. The number of nitrogens with one attached hydrogen (secondary N) is 1. The Labute approximate surface area is 112 Å². The Morgan fingerprint density at radius 1 is 1.00 bits per heavy atom. The molecule has 0 amide bonds. The Kier molecular flexibility index (Phi) is 3.11. The first-order valence-electron chi connectivity index (χ1n) is 6.34. The van der Waals surface area contributed by atoms with Gasteiger partial charge in [0.15, 0.2) is 0 Å². The number of rotatable bonds is 3. The van der Waals surface area contributed by atoms with Crippen molar-refractivity contribution < 1.29 is 0 Å². The van der Waals surface area contributed by atoms with E-state index in [1.807, 2.05) is 30.6 Å². The molecule has 0 aliphatic heterocycles. The quantitative estimate of drug-likeness (QED) is 0.770. The summed E-state index contributed by atoms with van der Waals surface area (Å²) in [5, 5.41) is 0. The van der Waals surface area contributed by atoms with E-state index >= 15 is 0 Å². The van der Waals surface area contributed by atoms with Gasteiger partial charge in [0, 0.05) is 29.6 Å². The van der Waals surface area contributed by atoms with Crippen molar-refractivity contribution in [3.05, 3.63) is 72.4 Å². The number of hydrogen-bond acceptors (Lipinski definition) is 2. The highest BCUT2D eigenvalue weighted by molar-refractivity contribution is 5.58. The van der Waals surface area contributed by atoms with Gasteiger partial charge in [0.25, 0.3) is 0 Å². The van der Waals surface area contributed by atoms with Gasteiger partial charge in [0.2, 0.25) is 0 Å². The van der Waals surface area contributed by atoms with E-state index in [9.17, 15) is 0 Å². The van der Waals surface area contributed by atoms with E-state index in [1.165, 1.54) is 5.56 Å². The fourth-order valence-corrected chi connectivity index (χ4v) is 2.12. The number of nitrogens with zero attached hydrogens (tertiary/aromatic N) is 2. The van der Waals surface area contributed by atoms with Crippen LogP contribution in [0.5, 0.6) is 0 Å². The molecule has 3 nitrogen and oxygen atoms in total. The smallest absolute Gasteiger partial charge is 0.0921 e. The summed E-state index contributed by atoms with van der Waals surface area (Å²) >= 11 is 0. The van der Waals surface area contributed by atoms with Crippen LogP contribution < -0.4 is 0 Å². The maximum Gasteiger partial charge on any atom is 0.0921 e. The zero-order valence-corrected chi connectivity index (χ0v) is 10.7. The number of benzene rings is 1. The molecule has 3 rings (SSSR count). The molecule has 3 aromatic rings. The molecule has 19 heavy (non-hydrogen) atoms. The summed E-state index contributed by atoms with van der Waals surface area (Å²) in [4.78, 5) is 11.7. The van der Waals surface area contributed by atoms with E-state index in [0.29, 0.717) is 0 Å². The van der Waals surface area contributed by atoms with Crippen molar-refractivity contribution in [1.29, 1.82) is 0 Å². The van der Waals surface area contributed by atoms with Crippen molar-refractivity contribution in [1.82, 2.24) is 15.0 Å². The SMILES string of the molecule is CC(c1ccc(-c2ccccc2)nc1)c1cnc[nH]1. The minimum atomic E-state index is 0.278. The van der Waals surface area contributed by atoms with Gasteiger partial charge in [-0.25, -0.2) is 4.98 Å². The van der Waals surface area contributed by atoms with Crippen molar-refractivity contribution in [3.8, 4) is 11.3 Å². The predicted octanol–water partition coefficient (Wildman–Crippen LogP) is 3.62. The molecule has 1 aromatic carbocycles. The summed E-state index contributed by atoms with van der Waals surface area (Å²) < 4.78 is 0. The van der Waals surface area contributed by atoms with Crippen molar-refractivity contribution in [3.63, 3.8) is 0 Å². The Hall–Kier alpha value is -2.42. The number of H-pyrrole nitrogens is 1. The average Bonchev–Trinajstić information content (AvgIpc) is 3.02. The van der Waals surface area contributed by atoms with E-state index in [1.54, 1.807) is 6.33 Å². The van der Waals surface area contributed by atoms with Crippen LogP contribution in [0.25, 0.3) is 11.3 Å². The van der Waals surface area contributed by atoms with E-state index < -0.39 is 0 Å². The molecule has 0 radical (unpaired) electrons. The van der Waals surface area contributed by atoms with Crippen LogP contribution in [0.15, 0.2) is 61.2 Å². The molecule has 2 heterocycles. The van der Waals surface area contributed by atoms with Gasteiger partial charge in [-0.05, 0) is 11.6 Å². The van der Waals surface area contributed by atoms with Gasteiger partial charge >= 0.3 is 0 Å². The van der Waals surface area contributed by atoms with Gasteiger partial charge in [-0.1, -0.05) is 43.3 Å². The lowest BCUT2D eigenvalue weighted by atomic mass is 9.99. The molecule has 0 aliphatic carbocycles. The third-order valence-corrected chi connectivity index (χ3v) is 3.34. The second-order valence-corrected chi connectivity index (χ2v) is 4.57. The minimum Gasteiger partial charge on any atom is -0.348 e. The van der Waals surface area contributed by atoms with Gasteiger partial charge in [-0.3, -0.25) is 4.98 Å². The summed E-state index contributed by atoms with van der Waals surface area (Å²) in [6, 6.07) is 14.4. The van der Waals surface area contributed by atoms with Crippen molar-refractivity contribution >= 4 is 0 Å². The molecular formula is C16H15N3. The van der Waals surface area contributed by atoms with Crippen LogP contribution in [0.4, 0.5) is 0 Å². The lowest BCUT2D eigenvalue weighted by Gasteiger charge is -2.10. The highest BCUT2D eigenvalue weighted by Gasteiger charge is 2.10. The van der Waals surface area contributed by atoms with Crippen LogP contribution in [0.3, 0.4) is 0 Å². The molecule has 0 aliphatic rings. The van der Waals surface area contributed by atoms with Crippen LogP contribution in [0, 0.1) is 0 Å². The zero-order chi connectivity index (χ0) is 13.1. The lowest BCUT2D eigenvalue weighted by molar-refractivity contribution is 0.875. The van der Waals surface area contributed by atoms with Crippen molar-refractivity contribution in [2.24, 2.45) is 0 Å². The molecular weight excluding hydrogens is 234 g/mol. The summed E-state index contributed by atoms with van der Waals surface area (Å²) in [5.74, 6) is 0.278. The number of aromatic amines is 1. The minimum absolute atomic E-state index is 0.278. The van der Waals surface area contributed by atoms with E-state index in [4.69, 9.17) is 0 Å². The van der Waals surface area contributed by atoms with Gasteiger partial charge < -0.3 is 4.98 Å². The molecule has 1 unspecified atom stereocenters. The third kappa shape index (κ3) is 2.40. The second-order valence-electron chi connectivity index (χ2n) is 4.57. The number of pyridine rings is 1. The van der Waals surface area contributed by atoms with Crippen LogP contribution in [-0.4, -0.2) is 15.0 Å². The van der Waals surface area contributed by atoms with Gasteiger partial charge in [-0.15, -0.1) is 0 Å². The van der Waals surface area contributed by atoms with Gasteiger partial charge in [-0.2, -0.15) is 0 Å². The number of aromatic nitrogens is 3. The van der Waals surface area contributed by atoms with Crippen LogP contribution in [0.2, 0.25) is 0 Å². The molecule has 2 aromatic heterocycles. The van der Waals surface area contributed by atoms with Crippen LogP contribution in [-0.2, 0) is 0 Å². The fraction of sp³-hybridized carbons (Fsp3) is 0.125. The van der Waals surface area contributed by atoms with E-state index in [2.05, 4.69) is 46.1 Å². The van der Waals surface area contributed by atoms with Crippen molar-refractivity contribution in [2.45, 2.75) is 12.8 Å². The molecule has 0 saturated carbocycles. The lowest BCUT2D eigenvalue weighted by Crippen LogP contribution is -1.97. The average molecular weight is 249 g/mol. The normalized spacial score (nSPS) is 12.3. The third-order valence-electron chi connectivity index (χ3n) is 3.34. The Bertz CT molecular complexity index is 628. The fourth-order valence-electron chi connectivity index (χ4n) is 2.12. The standard InChI is InChI=1S/C16H15N3/c1-12(16-10-17-11-19-16)14-7-8-15(18-9-14)13-5-3-2-4-6-13/h2-12H,1H3,(H,17,19). The van der Waals surface area contributed by atoms with Crippen molar-refractivity contribution in [2.75, 3.05) is 0 Å². The maximum atomic E-state index is 4.55. The van der Waals surface area contributed by atoms with Gasteiger partial charge in [0.05, 0.1) is 12.0 Å². The molecule has 3 heteroatoms. The molecule has 0 fully saturated rings. The van der Waals surface area contributed by atoms with Crippen LogP contribution in [0.1, 0.15) is 24.1 Å². The monoisotopic (exact) mass is 249 g/mol. The molecule has 1 atom stereocenters. The number of imidazole rings is 1. The maximum absolute atomic E-state index is 4.55. The first-order chi connectivity index (χ1) is 9.34. The summed E-state index contributed by atoms with van der Waals surface area (Å²) in [6.07, 6.45) is 5.50. The zero-order valence-electron chi connectivity index (χ0n) is 10.7. The summed E-state index contributed by atoms with van der Waals surface area (Å²) in [6.45, 7) is 2.15. The molecule has 1 N–H and O–H groups in total. The molecule has 94 valence electrons. The van der Waals surface area contributed by atoms with E-state index in [-0.39, 0.29) is 5.92 Å². The molecule has 0 saturated heterocycles. The summed E-state index contributed by atoms with van der Waals surface area (Å²) in [5.41, 5.74) is 4.43. The highest BCUT2D eigenvalue weighted by atomic mass is 14.9. The van der Waals surface area contributed by atoms with E-state index in [0.717, 1.165) is 17.0 Å². The first-order valence-corrected chi connectivity index (χ1v) is 6.34. The second kappa shape index (κ2) is 5.06. The predicted molar refractivity (Wildman–Crippen MR) is 75.8 cm³/mol. The number of hydrogen-bond donors (Lipinski definition) is 1. The first kappa shape index (κ1) is 11.7. The highest BCUT2D eigenvalue weighted by Crippen LogP contribution is 2.23.